The summed E-state index contributed by atoms with van der Waals surface area (Å²) >= 11 is 9.67. The van der Waals surface area contributed by atoms with E-state index in [9.17, 15) is 10.1 Å². The van der Waals surface area contributed by atoms with E-state index in [0.717, 1.165) is 22.4 Å². The second kappa shape index (κ2) is 9.73. The zero-order valence-electron chi connectivity index (χ0n) is 16.3. The van der Waals surface area contributed by atoms with Crippen LogP contribution >= 0.6 is 27.5 Å². The normalized spacial score (nSPS) is 10.9. The Bertz CT molecular complexity index is 1100. The minimum atomic E-state index is -0.435. The quantitative estimate of drug-likeness (QED) is 0.211. The highest BCUT2D eigenvalue weighted by atomic mass is 79.9. The molecule has 0 aliphatic heterocycles. The highest BCUT2D eigenvalue weighted by Gasteiger charge is 2.12. The van der Waals surface area contributed by atoms with Crippen LogP contribution < -0.4 is 9.47 Å². The van der Waals surface area contributed by atoms with Crippen molar-refractivity contribution in [3.05, 3.63) is 90.9 Å². The summed E-state index contributed by atoms with van der Waals surface area (Å²) in [6, 6.07) is 15.5. The maximum Gasteiger partial charge on any atom is 0.269 e. The maximum absolute atomic E-state index is 10.8. The van der Waals surface area contributed by atoms with Crippen LogP contribution in [-0.2, 0) is 6.61 Å². The lowest BCUT2D eigenvalue weighted by Gasteiger charge is -2.13. The fourth-order valence-corrected chi connectivity index (χ4v) is 3.45. The first kappa shape index (κ1) is 21.8. The average Bonchev–Trinajstić information content (AvgIpc) is 2.74. The first-order valence-corrected chi connectivity index (χ1v) is 10.1. The van der Waals surface area contributed by atoms with Gasteiger partial charge in [0.1, 0.15) is 6.61 Å². The first-order chi connectivity index (χ1) is 14.4. The number of methoxy groups -OCH3 is 1. The summed E-state index contributed by atoms with van der Waals surface area (Å²) in [5.74, 6) is 1.07. The molecule has 3 rings (SSSR count). The first-order valence-electron chi connectivity index (χ1n) is 8.92. The Balaban J connectivity index is 1.79. The number of ether oxygens (including phenoxy) is 2. The lowest BCUT2D eigenvalue weighted by atomic mass is 10.2. The van der Waals surface area contributed by atoms with Crippen molar-refractivity contribution in [2.75, 3.05) is 7.11 Å². The number of nitro benzene ring substituents is 1. The number of hydrogen-bond donors (Lipinski definition) is 0. The third-order valence-corrected chi connectivity index (χ3v) is 5.37. The van der Waals surface area contributed by atoms with Crippen molar-refractivity contribution in [3.63, 3.8) is 0 Å². The van der Waals surface area contributed by atoms with E-state index in [1.54, 1.807) is 25.5 Å². The van der Waals surface area contributed by atoms with Gasteiger partial charge < -0.3 is 9.47 Å². The van der Waals surface area contributed by atoms with Crippen molar-refractivity contribution in [2.45, 2.75) is 13.5 Å². The zero-order valence-corrected chi connectivity index (χ0v) is 18.6. The smallest absolute Gasteiger partial charge is 0.269 e. The molecule has 0 heterocycles. The van der Waals surface area contributed by atoms with E-state index >= 15 is 0 Å². The Morgan fingerprint density at radius 1 is 1.20 bits per heavy atom. The molecule has 8 heteroatoms. The van der Waals surface area contributed by atoms with Crippen LogP contribution in [0.4, 0.5) is 11.4 Å². The van der Waals surface area contributed by atoms with Gasteiger partial charge in [-0.15, -0.1) is 0 Å². The minimum Gasteiger partial charge on any atom is -0.493 e. The predicted molar refractivity (Wildman–Crippen MR) is 122 cm³/mol. The van der Waals surface area contributed by atoms with Gasteiger partial charge in [-0.1, -0.05) is 17.7 Å². The predicted octanol–water partition coefficient (Wildman–Crippen LogP) is 6.66. The molecule has 0 fully saturated rings. The summed E-state index contributed by atoms with van der Waals surface area (Å²) in [5, 5.41) is 11.4. The molecule has 0 aliphatic rings. The SMILES string of the molecule is COc1cc(C=Nc2cccc(Cl)c2C)cc(Br)c1OCc1ccc([N+](=O)[O-])cc1. The van der Waals surface area contributed by atoms with Gasteiger partial charge in [0.25, 0.3) is 5.69 Å². The second-order valence-corrected chi connectivity index (χ2v) is 7.65. The van der Waals surface area contributed by atoms with Gasteiger partial charge in [-0.25, -0.2) is 0 Å². The molecule has 0 bridgehead atoms. The van der Waals surface area contributed by atoms with Crippen molar-refractivity contribution >= 4 is 45.1 Å². The molecule has 0 aromatic heterocycles. The van der Waals surface area contributed by atoms with Gasteiger partial charge in [0.15, 0.2) is 11.5 Å². The van der Waals surface area contributed by atoms with E-state index in [1.165, 1.54) is 12.1 Å². The number of hydrogen-bond acceptors (Lipinski definition) is 5. The van der Waals surface area contributed by atoms with E-state index in [1.807, 2.05) is 37.3 Å². The largest absolute Gasteiger partial charge is 0.493 e. The summed E-state index contributed by atoms with van der Waals surface area (Å²) in [7, 11) is 1.56. The molecule has 0 amide bonds. The standard InChI is InChI=1S/C22H18BrClN2O4/c1-14-19(24)4-3-5-20(14)25-12-16-10-18(23)22(21(11-16)29-2)30-13-15-6-8-17(9-7-15)26(27)28/h3-12H,13H2,1-2H3. The van der Waals surface area contributed by atoms with Gasteiger partial charge in [-0.3, -0.25) is 15.1 Å². The molecular formula is C22H18BrClN2O4. The third-order valence-electron chi connectivity index (χ3n) is 4.37. The Labute approximate surface area is 187 Å². The Hall–Kier alpha value is -2.90. The van der Waals surface area contributed by atoms with Gasteiger partial charge in [0.2, 0.25) is 0 Å². The molecule has 0 atom stereocenters. The van der Waals surface area contributed by atoms with Crippen LogP contribution in [0.15, 0.2) is 64.1 Å². The number of halogens is 2. The van der Waals surface area contributed by atoms with Crippen LogP contribution in [0.5, 0.6) is 11.5 Å². The second-order valence-electron chi connectivity index (χ2n) is 6.39. The van der Waals surface area contributed by atoms with Crippen LogP contribution in [0.3, 0.4) is 0 Å². The fourth-order valence-electron chi connectivity index (χ4n) is 2.70. The molecule has 154 valence electrons. The lowest BCUT2D eigenvalue weighted by molar-refractivity contribution is -0.384. The number of non-ortho nitro benzene ring substituents is 1. The summed E-state index contributed by atoms with van der Waals surface area (Å²) in [6.45, 7) is 2.16. The molecule has 3 aromatic carbocycles. The number of rotatable bonds is 7. The summed E-state index contributed by atoms with van der Waals surface area (Å²) in [5.41, 5.74) is 3.36. The van der Waals surface area contributed by atoms with Crippen LogP contribution in [0.1, 0.15) is 16.7 Å². The lowest BCUT2D eigenvalue weighted by Crippen LogP contribution is -2.00. The van der Waals surface area contributed by atoms with Crippen molar-refractivity contribution in [2.24, 2.45) is 4.99 Å². The Kier molecular flexibility index (Phi) is 7.07. The number of benzene rings is 3. The van der Waals surface area contributed by atoms with Crippen LogP contribution in [0, 0.1) is 17.0 Å². The van der Waals surface area contributed by atoms with Crippen LogP contribution in [0.2, 0.25) is 5.02 Å². The van der Waals surface area contributed by atoms with Gasteiger partial charge in [0.05, 0.1) is 22.2 Å². The van der Waals surface area contributed by atoms with Gasteiger partial charge in [-0.2, -0.15) is 0 Å². The summed E-state index contributed by atoms with van der Waals surface area (Å²) in [6.07, 6.45) is 1.73. The molecular weight excluding hydrogens is 472 g/mol. The van der Waals surface area contributed by atoms with Crippen molar-refractivity contribution < 1.29 is 14.4 Å². The summed E-state index contributed by atoms with van der Waals surface area (Å²) in [4.78, 5) is 14.8. The van der Waals surface area contributed by atoms with E-state index in [0.29, 0.717) is 21.0 Å². The molecule has 30 heavy (non-hydrogen) atoms. The Morgan fingerprint density at radius 3 is 2.60 bits per heavy atom. The molecule has 0 saturated carbocycles. The molecule has 0 saturated heterocycles. The Morgan fingerprint density at radius 2 is 1.93 bits per heavy atom. The van der Waals surface area contributed by atoms with Crippen molar-refractivity contribution in [3.8, 4) is 11.5 Å². The molecule has 0 unspecified atom stereocenters. The average molecular weight is 490 g/mol. The molecule has 0 spiro atoms. The van der Waals surface area contributed by atoms with Crippen molar-refractivity contribution in [1.82, 2.24) is 0 Å². The van der Waals surface area contributed by atoms with E-state index in [-0.39, 0.29) is 12.3 Å². The van der Waals surface area contributed by atoms with E-state index in [4.69, 9.17) is 21.1 Å². The molecule has 3 aromatic rings. The van der Waals surface area contributed by atoms with Gasteiger partial charge >= 0.3 is 0 Å². The maximum atomic E-state index is 10.8. The fraction of sp³-hybridized carbons (Fsp3) is 0.136. The highest BCUT2D eigenvalue weighted by molar-refractivity contribution is 9.10. The zero-order chi connectivity index (χ0) is 21.7. The van der Waals surface area contributed by atoms with Crippen LogP contribution in [-0.4, -0.2) is 18.2 Å². The molecule has 0 aliphatic carbocycles. The monoisotopic (exact) mass is 488 g/mol. The number of nitrogens with zero attached hydrogens (tertiary/aromatic N) is 2. The van der Waals surface area contributed by atoms with Crippen molar-refractivity contribution in [1.29, 1.82) is 0 Å². The van der Waals surface area contributed by atoms with Gasteiger partial charge in [0, 0.05) is 23.4 Å². The molecule has 0 radical (unpaired) electrons. The van der Waals surface area contributed by atoms with E-state index in [2.05, 4.69) is 20.9 Å². The topological polar surface area (TPSA) is 74.0 Å². The number of aliphatic imine (C=N–C) groups is 1. The number of nitro groups is 1. The molecule has 0 N–H and O–H groups in total. The molecule has 6 nitrogen and oxygen atoms in total. The van der Waals surface area contributed by atoms with Crippen LogP contribution in [0.25, 0.3) is 0 Å². The highest BCUT2D eigenvalue weighted by Crippen LogP contribution is 2.37. The third kappa shape index (κ3) is 5.17. The van der Waals surface area contributed by atoms with E-state index < -0.39 is 4.92 Å². The minimum absolute atomic E-state index is 0.0380. The summed E-state index contributed by atoms with van der Waals surface area (Å²) < 4.78 is 12.1. The van der Waals surface area contributed by atoms with Gasteiger partial charge in [-0.05, 0) is 75.9 Å².